The first-order chi connectivity index (χ1) is 12.0. The van der Waals surface area contributed by atoms with E-state index in [1.54, 1.807) is 6.92 Å². The first-order valence-electron chi connectivity index (χ1n) is 8.46. The lowest BCUT2D eigenvalue weighted by Crippen LogP contribution is -2.39. The SMILES string of the molecule is CC(OCC1CCCCO1)C(=O)NC(CC(=O)O)c1ccc(F)cc1. The zero-order valence-corrected chi connectivity index (χ0v) is 14.2. The predicted molar refractivity (Wildman–Crippen MR) is 88.5 cm³/mol. The first-order valence-corrected chi connectivity index (χ1v) is 8.46. The molecule has 25 heavy (non-hydrogen) atoms. The molecule has 1 aliphatic heterocycles. The maximum absolute atomic E-state index is 13.0. The van der Waals surface area contributed by atoms with Crippen LogP contribution in [0.1, 0.15) is 44.2 Å². The van der Waals surface area contributed by atoms with E-state index in [1.807, 2.05) is 0 Å². The van der Waals surface area contributed by atoms with E-state index in [-0.39, 0.29) is 12.5 Å². The van der Waals surface area contributed by atoms with Crippen LogP contribution in [0, 0.1) is 5.82 Å². The summed E-state index contributed by atoms with van der Waals surface area (Å²) in [5.41, 5.74) is 0.528. The van der Waals surface area contributed by atoms with E-state index in [1.165, 1.54) is 24.3 Å². The van der Waals surface area contributed by atoms with Gasteiger partial charge in [-0.25, -0.2) is 4.39 Å². The van der Waals surface area contributed by atoms with Gasteiger partial charge in [-0.1, -0.05) is 12.1 Å². The smallest absolute Gasteiger partial charge is 0.305 e. The maximum atomic E-state index is 13.0. The van der Waals surface area contributed by atoms with Crippen LogP contribution >= 0.6 is 0 Å². The topological polar surface area (TPSA) is 84.9 Å². The molecule has 1 aromatic carbocycles. The number of carboxylic acid groups (broad SMARTS) is 1. The van der Waals surface area contributed by atoms with Gasteiger partial charge in [0.15, 0.2) is 0 Å². The largest absolute Gasteiger partial charge is 0.481 e. The summed E-state index contributed by atoms with van der Waals surface area (Å²) in [6.07, 6.45) is 2.00. The molecule has 1 fully saturated rings. The molecule has 1 saturated heterocycles. The van der Waals surface area contributed by atoms with Crippen molar-refractivity contribution in [2.24, 2.45) is 0 Å². The second-order valence-electron chi connectivity index (χ2n) is 6.17. The van der Waals surface area contributed by atoms with E-state index in [0.717, 1.165) is 19.3 Å². The van der Waals surface area contributed by atoms with Gasteiger partial charge >= 0.3 is 5.97 Å². The quantitative estimate of drug-likeness (QED) is 0.750. The molecule has 0 aliphatic carbocycles. The highest BCUT2D eigenvalue weighted by atomic mass is 19.1. The molecule has 0 bridgehead atoms. The van der Waals surface area contributed by atoms with Gasteiger partial charge in [0, 0.05) is 6.61 Å². The van der Waals surface area contributed by atoms with Crippen molar-refractivity contribution in [2.45, 2.75) is 50.9 Å². The van der Waals surface area contributed by atoms with E-state index < -0.39 is 29.8 Å². The van der Waals surface area contributed by atoms with Crippen LogP contribution in [0.4, 0.5) is 4.39 Å². The van der Waals surface area contributed by atoms with Crippen molar-refractivity contribution in [3.05, 3.63) is 35.6 Å². The summed E-state index contributed by atoms with van der Waals surface area (Å²) in [7, 11) is 0. The molecule has 1 amide bonds. The van der Waals surface area contributed by atoms with Crippen LogP contribution in [0.25, 0.3) is 0 Å². The number of amides is 1. The molecule has 1 aliphatic rings. The summed E-state index contributed by atoms with van der Waals surface area (Å²) in [5, 5.41) is 11.7. The lowest BCUT2D eigenvalue weighted by atomic mass is 10.0. The van der Waals surface area contributed by atoms with Gasteiger partial charge in [0.2, 0.25) is 5.91 Å². The Morgan fingerprint density at radius 2 is 2.08 bits per heavy atom. The van der Waals surface area contributed by atoms with Gasteiger partial charge in [-0.15, -0.1) is 0 Å². The maximum Gasteiger partial charge on any atom is 0.305 e. The average Bonchev–Trinajstić information content (AvgIpc) is 2.60. The summed E-state index contributed by atoms with van der Waals surface area (Å²) < 4.78 is 24.2. The molecule has 1 aromatic rings. The van der Waals surface area contributed by atoms with Crippen LogP contribution in [0.15, 0.2) is 24.3 Å². The Bertz CT molecular complexity index is 571. The van der Waals surface area contributed by atoms with Crippen LogP contribution in [0.5, 0.6) is 0 Å². The van der Waals surface area contributed by atoms with Crippen LogP contribution in [-0.2, 0) is 19.1 Å². The lowest BCUT2D eigenvalue weighted by molar-refractivity contribution is -0.139. The molecule has 0 aromatic heterocycles. The van der Waals surface area contributed by atoms with Crippen molar-refractivity contribution < 1.29 is 28.6 Å². The van der Waals surface area contributed by atoms with Crippen molar-refractivity contribution in [3.63, 3.8) is 0 Å². The number of carboxylic acids is 1. The van der Waals surface area contributed by atoms with Crippen molar-refractivity contribution in [2.75, 3.05) is 13.2 Å². The molecule has 0 spiro atoms. The van der Waals surface area contributed by atoms with Crippen LogP contribution in [0.2, 0.25) is 0 Å². The summed E-state index contributed by atoms with van der Waals surface area (Å²) in [4.78, 5) is 23.4. The van der Waals surface area contributed by atoms with Gasteiger partial charge in [0.05, 0.1) is 25.2 Å². The molecule has 0 saturated carbocycles. The number of ether oxygens (including phenoxy) is 2. The molecular formula is C18H24FNO5. The minimum absolute atomic E-state index is 0.00378. The normalized spacial score (nSPS) is 19.8. The summed E-state index contributed by atoms with van der Waals surface area (Å²) in [6.45, 7) is 2.65. The molecule has 138 valence electrons. The zero-order chi connectivity index (χ0) is 18.2. The third-order valence-corrected chi connectivity index (χ3v) is 4.14. The van der Waals surface area contributed by atoms with Crippen LogP contribution < -0.4 is 5.32 Å². The van der Waals surface area contributed by atoms with Crippen LogP contribution in [-0.4, -0.2) is 42.4 Å². The van der Waals surface area contributed by atoms with Gasteiger partial charge in [0.25, 0.3) is 0 Å². The first kappa shape index (κ1) is 19.3. The highest BCUT2D eigenvalue weighted by molar-refractivity contribution is 5.81. The predicted octanol–water partition coefficient (Wildman–Crippen LogP) is 2.43. The average molecular weight is 353 g/mol. The number of rotatable bonds is 8. The van der Waals surface area contributed by atoms with Crippen molar-refractivity contribution in [3.8, 4) is 0 Å². The highest BCUT2D eigenvalue weighted by Crippen LogP contribution is 2.18. The molecule has 0 radical (unpaired) electrons. The molecule has 3 unspecified atom stereocenters. The minimum atomic E-state index is -1.06. The second-order valence-corrected chi connectivity index (χ2v) is 6.17. The van der Waals surface area contributed by atoms with Crippen molar-refractivity contribution >= 4 is 11.9 Å². The highest BCUT2D eigenvalue weighted by Gasteiger charge is 2.23. The monoisotopic (exact) mass is 353 g/mol. The molecule has 1 heterocycles. The summed E-state index contributed by atoms with van der Waals surface area (Å²) in [6, 6.07) is 4.64. The molecule has 2 rings (SSSR count). The summed E-state index contributed by atoms with van der Waals surface area (Å²) in [5.74, 6) is -1.89. The molecule has 6 nitrogen and oxygen atoms in total. The number of halogens is 1. The molecule has 7 heteroatoms. The second kappa shape index (κ2) is 9.48. The van der Waals surface area contributed by atoms with Crippen molar-refractivity contribution in [1.29, 1.82) is 0 Å². The van der Waals surface area contributed by atoms with E-state index in [2.05, 4.69) is 5.32 Å². The lowest BCUT2D eigenvalue weighted by Gasteiger charge is -2.25. The summed E-state index contributed by atoms with van der Waals surface area (Å²) >= 11 is 0. The Morgan fingerprint density at radius 3 is 2.68 bits per heavy atom. The Labute approximate surface area is 146 Å². The number of carbonyl (C=O) groups excluding carboxylic acids is 1. The Morgan fingerprint density at radius 1 is 1.36 bits per heavy atom. The standard InChI is InChI=1S/C18H24FNO5/c1-12(25-11-15-4-2-3-9-24-15)18(23)20-16(10-17(21)22)13-5-7-14(19)8-6-13/h5-8,12,15-16H,2-4,9-11H2,1H3,(H,20,23)(H,21,22). The van der Waals surface area contributed by atoms with Gasteiger partial charge in [-0.2, -0.15) is 0 Å². The number of hydrogen-bond donors (Lipinski definition) is 2. The van der Waals surface area contributed by atoms with E-state index in [0.29, 0.717) is 18.8 Å². The molecule has 2 N–H and O–H groups in total. The number of nitrogens with one attached hydrogen (secondary N) is 1. The van der Waals surface area contributed by atoms with Crippen molar-refractivity contribution in [1.82, 2.24) is 5.32 Å². The number of hydrogen-bond acceptors (Lipinski definition) is 4. The third kappa shape index (κ3) is 6.43. The number of carbonyl (C=O) groups is 2. The Hall–Kier alpha value is -1.99. The van der Waals surface area contributed by atoms with E-state index >= 15 is 0 Å². The fourth-order valence-corrected chi connectivity index (χ4v) is 2.68. The van der Waals surface area contributed by atoms with Gasteiger partial charge in [-0.3, -0.25) is 9.59 Å². The van der Waals surface area contributed by atoms with Gasteiger partial charge in [-0.05, 0) is 43.9 Å². The van der Waals surface area contributed by atoms with Gasteiger partial charge < -0.3 is 19.9 Å². The molecule has 3 atom stereocenters. The third-order valence-electron chi connectivity index (χ3n) is 4.14. The van der Waals surface area contributed by atoms with Gasteiger partial charge in [0.1, 0.15) is 11.9 Å². The minimum Gasteiger partial charge on any atom is -0.481 e. The van der Waals surface area contributed by atoms with E-state index in [4.69, 9.17) is 14.6 Å². The number of benzene rings is 1. The Balaban J connectivity index is 1.90. The van der Waals surface area contributed by atoms with E-state index in [9.17, 15) is 14.0 Å². The Kier molecular flexibility index (Phi) is 7.33. The number of aliphatic carboxylic acids is 1. The zero-order valence-electron chi connectivity index (χ0n) is 14.2. The van der Waals surface area contributed by atoms with Crippen LogP contribution in [0.3, 0.4) is 0 Å². The fraction of sp³-hybridized carbons (Fsp3) is 0.556. The fourth-order valence-electron chi connectivity index (χ4n) is 2.68. The molecular weight excluding hydrogens is 329 g/mol.